The summed E-state index contributed by atoms with van der Waals surface area (Å²) in [6, 6.07) is 0.0646. The summed E-state index contributed by atoms with van der Waals surface area (Å²) in [5.41, 5.74) is -0.510. The molecule has 4 heteroatoms. The van der Waals surface area contributed by atoms with Crippen LogP contribution in [-0.4, -0.2) is 23.5 Å². The molecule has 1 N–H and O–H groups in total. The molecule has 1 fully saturated rings. The molecule has 0 aromatic carbocycles. The summed E-state index contributed by atoms with van der Waals surface area (Å²) < 4.78 is 5.44. The fourth-order valence-corrected chi connectivity index (χ4v) is 3.06. The van der Waals surface area contributed by atoms with Crippen molar-refractivity contribution in [3.05, 3.63) is 0 Å². The van der Waals surface area contributed by atoms with Gasteiger partial charge in [0.25, 0.3) is 0 Å². The zero-order valence-corrected chi connectivity index (χ0v) is 16.7. The molecular weight excluding hydrogens is 302 g/mol. The Morgan fingerprint density at radius 2 is 1.62 bits per heavy atom. The first-order valence-electron chi connectivity index (χ1n) is 9.40. The maximum Gasteiger partial charge on any atom is 0.307 e. The van der Waals surface area contributed by atoms with Crippen molar-refractivity contribution in [2.75, 3.05) is 0 Å². The number of carbonyl (C=O) groups excluding carboxylic acids is 2. The second kappa shape index (κ2) is 8.35. The van der Waals surface area contributed by atoms with E-state index in [0.717, 1.165) is 6.42 Å². The Balaban J connectivity index is 2.72. The van der Waals surface area contributed by atoms with E-state index in [1.807, 2.05) is 27.7 Å². The Hall–Kier alpha value is -1.06. The van der Waals surface area contributed by atoms with Crippen LogP contribution >= 0.6 is 0 Å². The van der Waals surface area contributed by atoms with E-state index < -0.39 is 5.60 Å². The van der Waals surface area contributed by atoms with Gasteiger partial charge >= 0.3 is 5.97 Å². The van der Waals surface area contributed by atoms with Gasteiger partial charge in [0.15, 0.2) is 0 Å². The second-order valence-corrected chi connectivity index (χ2v) is 9.47. The summed E-state index contributed by atoms with van der Waals surface area (Å²) in [7, 11) is 0. The van der Waals surface area contributed by atoms with Crippen molar-refractivity contribution in [1.29, 1.82) is 0 Å². The summed E-state index contributed by atoms with van der Waals surface area (Å²) in [6.07, 6.45) is 5.80. The van der Waals surface area contributed by atoms with E-state index >= 15 is 0 Å². The molecule has 0 aromatic rings. The lowest BCUT2D eigenvalue weighted by molar-refractivity contribution is -0.157. The Morgan fingerprint density at radius 1 is 1.08 bits per heavy atom. The zero-order chi connectivity index (χ0) is 18.5. The van der Waals surface area contributed by atoms with Crippen LogP contribution < -0.4 is 5.32 Å². The van der Waals surface area contributed by atoms with Gasteiger partial charge in [0.05, 0.1) is 6.42 Å². The number of carbonyl (C=O) groups is 2. The summed E-state index contributed by atoms with van der Waals surface area (Å²) in [4.78, 5) is 25.0. The van der Waals surface area contributed by atoms with Gasteiger partial charge in [-0.3, -0.25) is 9.59 Å². The summed E-state index contributed by atoms with van der Waals surface area (Å²) in [5, 5.41) is 3.12. The lowest BCUT2D eigenvalue weighted by Crippen LogP contribution is -2.45. The maximum absolute atomic E-state index is 12.8. The number of esters is 1. The van der Waals surface area contributed by atoms with Gasteiger partial charge in [0.1, 0.15) is 5.60 Å². The number of amides is 1. The summed E-state index contributed by atoms with van der Waals surface area (Å²) in [5.74, 6) is 0.000113. The fourth-order valence-electron chi connectivity index (χ4n) is 3.06. The van der Waals surface area contributed by atoms with Crippen molar-refractivity contribution in [2.24, 2.45) is 17.3 Å². The monoisotopic (exact) mass is 339 g/mol. The number of rotatable bonds is 6. The number of nitrogens with one attached hydrogen (secondary N) is 1. The number of hydrogen-bond donors (Lipinski definition) is 1. The summed E-state index contributed by atoms with van der Waals surface area (Å²) >= 11 is 0. The molecule has 0 radical (unpaired) electrons. The zero-order valence-electron chi connectivity index (χ0n) is 16.7. The highest BCUT2D eigenvalue weighted by atomic mass is 16.6. The molecule has 2 atom stereocenters. The molecule has 1 aliphatic carbocycles. The first kappa shape index (κ1) is 21.0. The van der Waals surface area contributed by atoms with Gasteiger partial charge in [-0.2, -0.15) is 0 Å². The standard InChI is InChI=1S/C20H37NO3/c1-14(19(2,3)4)21-18(23)16(12-15-10-8-9-11-15)13-17(22)24-20(5,6)7/h14-16H,8-13H2,1-7H3,(H,21,23)/t14-,16-/m1/s1. The molecule has 0 bridgehead atoms. The van der Waals surface area contributed by atoms with Gasteiger partial charge in [-0.05, 0) is 45.4 Å². The van der Waals surface area contributed by atoms with Crippen molar-refractivity contribution in [3.8, 4) is 0 Å². The van der Waals surface area contributed by atoms with Crippen LogP contribution in [0.4, 0.5) is 0 Å². The van der Waals surface area contributed by atoms with E-state index in [1.54, 1.807) is 0 Å². The fraction of sp³-hybridized carbons (Fsp3) is 0.900. The van der Waals surface area contributed by atoms with E-state index in [1.165, 1.54) is 25.7 Å². The van der Waals surface area contributed by atoms with E-state index in [9.17, 15) is 9.59 Å². The highest BCUT2D eigenvalue weighted by molar-refractivity contribution is 5.84. The van der Waals surface area contributed by atoms with Crippen molar-refractivity contribution in [3.63, 3.8) is 0 Å². The largest absolute Gasteiger partial charge is 0.460 e. The predicted molar refractivity (Wildman–Crippen MR) is 97.6 cm³/mol. The molecule has 0 spiro atoms. The minimum Gasteiger partial charge on any atom is -0.460 e. The van der Waals surface area contributed by atoms with Crippen LogP contribution in [0.5, 0.6) is 0 Å². The first-order valence-corrected chi connectivity index (χ1v) is 9.40. The van der Waals surface area contributed by atoms with Crippen LogP contribution in [0.2, 0.25) is 0 Å². The van der Waals surface area contributed by atoms with Crippen LogP contribution in [0.25, 0.3) is 0 Å². The molecule has 0 unspecified atom stereocenters. The molecular formula is C20H37NO3. The van der Waals surface area contributed by atoms with E-state index in [4.69, 9.17) is 4.74 Å². The van der Waals surface area contributed by atoms with E-state index in [0.29, 0.717) is 5.92 Å². The SMILES string of the molecule is C[C@@H](NC(=O)[C@@H](CC(=O)OC(C)(C)C)CC1CCCC1)C(C)(C)C. The molecule has 4 nitrogen and oxygen atoms in total. The normalized spacial score (nSPS) is 19.0. The van der Waals surface area contributed by atoms with Crippen molar-refractivity contribution >= 4 is 11.9 Å². The van der Waals surface area contributed by atoms with Gasteiger partial charge in [0.2, 0.25) is 5.91 Å². The quantitative estimate of drug-likeness (QED) is 0.727. The van der Waals surface area contributed by atoms with E-state index in [2.05, 4.69) is 26.1 Å². The average molecular weight is 340 g/mol. The van der Waals surface area contributed by atoms with Gasteiger partial charge in [0, 0.05) is 12.0 Å². The second-order valence-electron chi connectivity index (χ2n) is 9.47. The molecule has 1 amide bonds. The minimum absolute atomic E-state index is 0.000509. The van der Waals surface area contributed by atoms with Crippen LogP contribution in [0.15, 0.2) is 0 Å². The van der Waals surface area contributed by atoms with Gasteiger partial charge in [-0.15, -0.1) is 0 Å². The van der Waals surface area contributed by atoms with Crippen LogP contribution in [-0.2, 0) is 14.3 Å². The third kappa shape index (κ3) is 7.67. The van der Waals surface area contributed by atoms with Gasteiger partial charge in [-0.25, -0.2) is 0 Å². The van der Waals surface area contributed by atoms with Crippen LogP contribution in [0, 0.1) is 17.3 Å². The van der Waals surface area contributed by atoms with Crippen LogP contribution in [0.1, 0.15) is 87.0 Å². The van der Waals surface area contributed by atoms with Gasteiger partial charge in [-0.1, -0.05) is 46.5 Å². The van der Waals surface area contributed by atoms with Crippen molar-refractivity contribution in [2.45, 2.75) is 98.6 Å². The molecule has 1 aliphatic rings. The Bertz CT molecular complexity index is 425. The molecule has 1 rings (SSSR count). The van der Waals surface area contributed by atoms with Crippen molar-refractivity contribution in [1.82, 2.24) is 5.32 Å². The molecule has 0 saturated heterocycles. The van der Waals surface area contributed by atoms with Crippen molar-refractivity contribution < 1.29 is 14.3 Å². The van der Waals surface area contributed by atoms with Gasteiger partial charge < -0.3 is 10.1 Å². The summed E-state index contributed by atoms with van der Waals surface area (Å²) in [6.45, 7) is 13.9. The smallest absolute Gasteiger partial charge is 0.307 e. The lowest BCUT2D eigenvalue weighted by Gasteiger charge is -2.30. The molecule has 140 valence electrons. The highest BCUT2D eigenvalue weighted by Gasteiger charge is 2.31. The Morgan fingerprint density at radius 3 is 2.08 bits per heavy atom. The third-order valence-corrected chi connectivity index (χ3v) is 4.95. The van der Waals surface area contributed by atoms with E-state index in [-0.39, 0.29) is 35.7 Å². The molecule has 24 heavy (non-hydrogen) atoms. The lowest BCUT2D eigenvalue weighted by atomic mass is 9.86. The predicted octanol–water partition coefficient (Wildman–Crippen LogP) is 4.47. The third-order valence-electron chi connectivity index (χ3n) is 4.95. The minimum atomic E-state index is -0.510. The topological polar surface area (TPSA) is 55.4 Å². The molecule has 0 aromatic heterocycles. The van der Waals surface area contributed by atoms with Crippen LogP contribution in [0.3, 0.4) is 0 Å². The Kier molecular flexibility index (Phi) is 7.30. The first-order chi connectivity index (χ1) is 10.9. The average Bonchev–Trinajstić information content (AvgIpc) is 2.87. The molecule has 1 saturated carbocycles. The molecule has 0 heterocycles. The Labute approximate surface area is 148 Å². The maximum atomic E-state index is 12.8. The highest BCUT2D eigenvalue weighted by Crippen LogP contribution is 2.32. The number of ether oxygens (including phenoxy) is 1. The number of hydrogen-bond acceptors (Lipinski definition) is 3. The molecule has 0 aliphatic heterocycles.